The van der Waals surface area contributed by atoms with Crippen molar-refractivity contribution in [3.05, 3.63) is 23.3 Å². The molecule has 1 rings (SSSR count). The molecule has 1 aromatic carbocycles. The molecule has 0 aliphatic carbocycles. The molecule has 0 spiro atoms. The molecule has 0 unspecified atom stereocenters. The Balaban J connectivity index is 3.30. The molecule has 1 aromatic rings. The first-order chi connectivity index (χ1) is 6.60. The number of hydrogen-bond acceptors (Lipinski definition) is 3. The van der Waals surface area contributed by atoms with Gasteiger partial charge in [-0.15, -0.1) is 0 Å². The van der Waals surface area contributed by atoms with E-state index >= 15 is 0 Å². The largest absolute Gasteiger partial charge is 0.493 e. The second kappa shape index (κ2) is 4.46. The highest BCUT2D eigenvalue weighted by Gasteiger charge is 2.11. The summed E-state index contributed by atoms with van der Waals surface area (Å²) in [6.45, 7) is 1.84. The molecular weight excluding hydrogens is 248 g/mol. The topological polar surface area (TPSA) is 35.5 Å². The third-order valence-corrected chi connectivity index (χ3v) is 2.37. The quantitative estimate of drug-likeness (QED) is 0.782. The van der Waals surface area contributed by atoms with Gasteiger partial charge in [0.1, 0.15) is 0 Å². The Morgan fingerprint density at radius 2 is 1.71 bits per heavy atom. The van der Waals surface area contributed by atoms with Crippen LogP contribution in [0.4, 0.5) is 0 Å². The second-order valence-electron chi connectivity index (χ2n) is 2.80. The lowest BCUT2D eigenvalue weighted by molar-refractivity contribution is 0.109. The summed E-state index contributed by atoms with van der Waals surface area (Å²) in [6, 6.07) is 3.43. The van der Waals surface area contributed by atoms with E-state index in [1.165, 1.54) is 7.11 Å². The molecule has 0 saturated carbocycles. The highest BCUT2D eigenvalue weighted by atomic mass is 79.9. The van der Waals surface area contributed by atoms with Crippen molar-refractivity contribution in [1.29, 1.82) is 0 Å². The lowest BCUT2D eigenvalue weighted by atomic mass is 10.1. The van der Waals surface area contributed by atoms with Gasteiger partial charge in [0.05, 0.1) is 14.2 Å². The predicted octanol–water partition coefficient (Wildman–Crippen LogP) is 2.55. The van der Waals surface area contributed by atoms with Gasteiger partial charge in [-0.2, -0.15) is 0 Å². The van der Waals surface area contributed by atoms with Crippen molar-refractivity contribution in [2.45, 2.75) is 6.92 Å². The van der Waals surface area contributed by atoms with Crippen LogP contribution in [-0.4, -0.2) is 18.9 Å². The average Bonchev–Trinajstić information content (AvgIpc) is 2.16. The Morgan fingerprint density at radius 3 is 2.14 bits per heavy atom. The van der Waals surface area contributed by atoms with Gasteiger partial charge in [0, 0.05) is 5.56 Å². The van der Waals surface area contributed by atoms with Gasteiger partial charge in [0.15, 0.2) is 11.5 Å². The van der Waals surface area contributed by atoms with Gasteiger partial charge < -0.3 is 9.47 Å². The summed E-state index contributed by atoms with van der Waals surface area (Å²) in [5, 5.41) is 0. The van der Waals surface area contributed by atoms with Gasteiger partial charge in [-0.3, -0.25) is 4.79 Å². The van der Waals surface area contributed by atoms with E-state index in [9.17, 15) is 4.79 Å². The molecule has 0 aliphatic rings. The van der Waals surface area contributed by atoms with Gasteiger partial charge in [-0.05, 0) is 40.5 Å². The van der Waals surface area contributed by atoms with Crippen LogP contribution in [0.15, 0.2) is 12.1 Å². The summed E-state index contributed by atoms with van der Waals surface area (Å²) >= 11 is 2.91. The van der Waals surface area contributed by atoms with E-state index in [1.807, 2.05) is 6.92 Å². The number of carbonyl (C=O) groups excluding carboxylic acids is 1. The van der Waals surface area contributed by atoms with E-state index in [2.05, 4.69) is 15.9 Å². The number of aryl methyl sites for hydroxylation is 1. The first-order valence-electron chi connectivity index (χ1n) is 4.02. The van der Waals surface area contributed by atoms with Gasteiger partial charge in [-0.1, -0.05) is 0 Å². The Kier molecular flexibility index (Phi) is 3.52. The second-order valence-corrected chi connectivity index (χ2v) is 3.52. The van der Waals surface area contributed by atoms with E-state index in [1.54, 1.807) is 19.2 Å². The summed E-state index contributed by atoms with van der Waals surface area (Å²) < 4.78 is 10.0. The first-order valence-corrected chi connectivity index (χ1v) is 4.82. The number of halogens is 1. The molecule has 0 amide bonds. The van der Waals surface area contributed by atoms with Crippen molar-refractivity contribution in [1.82, 2.24) is 0 Å². The Labute approximate surface area is 91.1 Å². The van der Waals surface area contributed by atoms with Crippen LogP contribution in [0.25, 0.3) is 0 Å². The molecule has 14 heavy (non-hydrogen) atoms. The minimum atomic E-state index is -0.157. The normalized spacial score (nSPS) is 9.71. The smallest absolute Gasteiger partial charge is 0.228 e. The van der Waals surface area contributed by atoms with Crippen molar-refractivity contribution >= 4 is 20.6 Å². The highest BCUT2D eigenvalue weighted by molar-refractivity contribution is 9.18. The van der Waals surface area contributed by atoms with Crippen LogP contribution < -0.4 is 9.47 Å². The van der Waals surface area contributed by atoms with E-state index < -0.39 is 0 Å². The molecule has 3 nitrogen and oxygen atoms in total. The van der Waals surface area contributed by atoms with E-state index in [4.69, 9.17) is 9.47 Å². The maximum atomic E-state index is 11.2. The molecule has 0 radical (unpaired) electrons. The zero-order valence-corrected chi connectivity index (χ0v) is 9.84. The summed E-state index contributed by atoms with van der Waals surface area (Å²) in [7, 11) is 3.10. The molecule has 0 bridgehead atoms. The molecule has 0 aliphatic heterocycles. The molecule has 0 atom stereocenters. The van der Waals surface area contributed by atoms with Crippen LogP contribution in [0.1, 0.15) is 15.9 Å². The maximum absolute atomic E-state index is 11.2. The minimum absolute atomic E-state index is 0.157. The zero-order chi connectivity index (χ0) is 10.7. The van der Waals surface area contributed by atoms with E-state index in [0.29, 0.717) is 17.1 Å². The standard InChI is InChI=1S/C10H11BrO3/c1-6-4-8(13-2)9(14-3)5-7(6)10(11)12/h4-5H,1-3H3. The van der Waals surface area contributed by atoms with Crippen LogP contribution >= 0.6 is 15.9 Å². The number of rotatable bonds is 3. The van der Waals surface area contributed by atoms with Crippen molar-refractivity contribution in [2.24, 2.45) is 0 Å². The fraction of sp³-hybridized carbons (Fsp3) is 0.300. The number of hydrogen-bond donors (Lipinski definition) is 0. The van der Waals surface area contributed by atoms with Gasteiger partial charge in [0.2, 0.25) is 4.69 Å². The molecule has 0 N–H and O–H groups in total. The van der Waals surface area contributed by atoms with Crippen molar-refractivity contribution in [2.75, 3.05) is 14.2 Å². The van der Waals surface area contributed by atoms with Crippen LogP contribution in [0.2, 0.25) is 0 Å². The Bertz CT molecular complexity index is 361. The molecule has 76 valence electrons. The summed E-state index contributed by atoms with van der Waals surface area (Å²) in [5.41, 5.74) is 1.44. The number of methoxy groups -OCH3 is 2. The first kappa shape index (κ1) is 11.0. The van der Waals surface area contributed by atoms with Gasteiger partial charge in [0.25, 0.3) is 0 Å². The summed E-state index contributed by atoms with van der Waals surface area (Å²) in [5.74, 6) is 1.18. The van der Waals surface area contributed by atoms with Gasteiger partial charge >= 0.3 is 0 Å². The fourth-order valence-electron chi connectivity index (χ4n) is 1.19. The average molecular weight is 259 g/mol. The monoisotopic (exact) mass is 258 g/mol. The molecule has 0 fully saturated rings. The van der Waals surface area contributed by atoms with E-state index in [0.717, 1.165) is 5.56 Å². The minimum Gasteiger partial charge on any atom is -0.493 e. The van der Waals surface area contributed by atoms with Crippen LogP contribution in [0, 0.1) is 6.92 Å². The zero-order valence-electron chi connectivity index (χ0n) is 8.26. The van der Waals surface area contributed by atoms with E-state index in [-0.39, 0.29) is 4.69 Å². The molecule has 0 heterocycles. The fourth-order valence-corrected chi connectivity index (χ4v) is 1.62. The van der Waals surface area contributed by atoms with Crippen molar-refractivity contribution < 1.29 is 14.3 Å². The SMILES string of the molecule is COc1cc(C)c(C(=O)Br)cc1OC. The molecular formula is C10H11BrO3. The Hall–Kier alpha value is -1.03. The van der Waals surface area contributed by atoms with Crippen LogP contribution in [-0.2, 0) is 0 Å². The van der Waals surface area contributed by atoms with Crippen molar-refractivity contribution in [3.8, 4) is 11.5 Å². The number of carbonyl (C=O) groups is 1. The Morgan fingerprint density at radius 1 is 1.21 bits per heavy atom. The third-order valence-electron chi connectivity index (χ3n) is 1.94. The predicted molar refractivity (Wildman–Crippen MR) is 57.5 cm³/mol. The highest BCUT2D eigenvalue weighted by Crippen LogP contribution is 2.30. The molecule has 0 saturated heterocycles. The van der Waals surface area contributed by atoms with Crippen molar-refractivity contribution in [3.63, 3.8) is 0 Å². The maximum Gasteiger partial charge on any atom is 0.228 e. The lowest BCUT2D eigenvalue weighted by Gasteiger charge is -2.10. The molecule has 4 heteroatoms. The number of benzene rings is 1. The lowest BCUT2D eigenvalue weighted by Crippen LogP contribution is -1.97. The van der Waals surface area contributed by atoms with Gasteiger partial charge in [-0.25, -0.2) is 0 Å². The molecule has 0 aromatic heterocycles. The number of ether oxygens (including phenoxy) is 2. The summed E-state index contributed by atoms with van der Waals surface area (Å²) in [6.07, 6.45) is 0. The van der Waals surface area contributed by atoms with Crippen LogP contribution in [0.5, 0.6) is 11.5 Å². The third kappa shape index (κ3) is 2.07. The summed E-state index contributed by atoms with van der Waals surface area (Å²) in [4.78, 5) is 11.2. The van der Waals surface area contributed by atoms with Crippen LogP contribution in [0.3, 0.4) is 0 Å².